The first-order chi connectivity index (χ1) is 13.5. The predicted molar refractivity (Wildman–Crippen MR) is 130 cm³/mol. The minimum absolute atomic E-state index is 0. The van der Waals surface area contributed by atoms with Gasteiger partial charge in [-0.1, -0.05) is 72.8 Å². The van der Waals surface area contributed by atoms with Crippen molar-refractivity contribution >= 4 is 24.8 Å². The van der Waals surface area contributed by atoms with Crippen molar-refractivity contribution in [2.24, 2.45) is 0 Å². The van der Waals surface area contributed by atoms with Gasteiger partial charge >= 0.3 is 0 Å². The molecule has 4 nitrogen and oxygen atoms in total. The van der Waals surface area contributed by atoms with Crippen LogP contribution in [0.25, 0.3) is 0 Å². The number of aliphatic hydroxyl groups is 2. The third-order valence-corrected chi connectivity index (χ3v) is 5.09. The molecule has 0 heterocycles. The molecule has 0 amide bonds. The van der Waals surface area contributed by atoms with Gasteiger partial charge in [-0.15, -0.1) is 38.0 Å². The van der Waals surface area contributed by atoms with Crippen LogP contribution in [0.2, 0.25) is 0 Å². The molecule has 0 aliphatic carbocycles. The van der Waals surface area contributed by atoms with Crippen LogP contribution in [0, 0.1) is 0 Å². The number of benzene rings is 2. The molecule has 0 fully saturated rings. The average molecular weight is 453 g/mol. The fourth-order valence-electron chi connectivity index (χ4n) is 3.38. The second-order valence-corrected chi connectivity index (χ2v) is 7.10. The molecule has 30 heavy (non-hydrogen) atoms. The molecule has 6 atom stereocenters. The number of hydrogen-bond donors (Lipinski definition) is 4. The fraction of sp³-hybridized carbons (Fsp3) is 0.333. The van der Waals surface area contributed by atoms with E-state index in [4.69, 9.17) is 0 Å². The maximum absolute atomic E-state index is 10.6. The van der Waals surface area contributed by atoms with Crippen molar-refractivity contribution in [2.45, 2.75) is 50.2 Å². The SMILES string of the molecule is C=C[C@@H](O)[C@@H](N[C@@H](C)c1ccccc1)[C@H](N[C@@H](C)c1ccccc1)[C@H](O)C=C.Cl.Cl. The van der Waals surface area contributed by atoms with Gasteiger partial charge in [0.15, 0.2) is 0 Å². The Labute approximate surface area is 192 Å². The maximum Gasteiger partial charge on any atom is 0.0887 e. The van der Waals surface area contributed by atoms with Gasteiger partial charge in [0.2, 0.25) is 0 Å². The van der Waals surface area contributed by atoms with Crippen LogP contribution in [0.5, 0.6) is 0 Å². The van der Waals surface area contributed by atoms with Crippen molar-refractivity contribution in [3.05, 3.63) is 97.1 Å². The van der Waals surface area contributed by atoms with Crippen LogP contribution in [0.3, 0.4) is 0 Å². The monoisotopic (exact) mass is 452 g/mol. The molecular weight excluding hydrogens is 419 g/mol. The molecule has 0 spiro atoms. The first-order valence-electron chi connectivity index (χ1n) is 9.71. The first kappa shape index (κ1) is 28.3. The molecule has 6 heteroatoms. The minimum Gasteiger partial charge on any atom is -0.387 e. The lowest BCUT2D eigenvalue weighted by molar-refractivity contribution is 0.0801. The molecule has 0 aliphatic rings. The number of aliphatic hydroxyl groups excluding tert-OH is 2. The van der Waals surface area contributed by atoms with E-state index in [1.54, 1.807) is 0 Å². The lowest BCUT2D eigenvalue weighted by atomic mass is 9.93. The van der Waals surface area contributed by atoms with E-state index < -0.39 is 24.3 Å². The Balaban J connectivity index is 0.00000420. The Bertz CT molecular complexity index is 667. The highest BCUT2D eigenvalue weighted by Gasteiger charge is 2.33. The summed E-state index contributed by atoms with van der Waals surface area (Å²) in [5.41, 5.74) is 2.21. The summed E-state index contributed by atoms with van der Waals surface area (Å²) in [7, 11) is 0. The summed E-state index contributed by atoms with van der Waals surface area (Å²) in [5.74, 6) is 0. The molecule has 0 bridgehead atoms. The van der Waals surface area contributed by atoms with Crippen LogP contribution >= 0.6 is 24.8 Å². The summed E-state index contributed by atoms with van der Waals surface area (Å²) in [6.07, 6.45) is 1.29. The highest BCUT2D eigenvalue weighted by atomic mass is 35.5. The highest BCUT2D eigenvalue weighted by molar-refractivity contribution is 5.85. The van der Waals surface area contributed by atoms with Crippen molar-refractivity contribution in [3.63, 3.8) is 0 Å². The van der Waals surface area contributed by atoms with Gasteiger partial charge in [-0.3, -0.25) is 0 Å². The van der Waals surface area contributed by atoms with Crippen LogP contribution in [-0.4, -0.2) is 34.5 Å². The number of rotatable bonds is 11. The van der Waals surface area contributed by atoms with Gasteiger partial charge in [-0.05, 0) is 25.0 Å². The predicted octanol–water partition coefficient (Wildman–Crippen LogP) is 4.36. The summed E-state index contributed by atoms with van der Waals surface area (Å²) < 4.78 is 0. The minimum atomic E-state index is -0.846. The van der Waals surface area contributed by atoms with Gasteiger partial charge in [-0.2, -0.15) is 0 Å². The Morgan fingerprint density at radius 2 is 0.967 bits per heavy atom. The largest absolute Gasteiger partial charge is 0.387 e. The third-order valence-electron chi connectivity index (χ3n) is 5.09. The van der Waals surface area contributed by atoms with E-state index in [0.717, 1.165) is 11.1 Å². The quantitative estimate of drug-likeness (QED) is 0.382. The van der Waals surface area contributed by atoms with Crippen molar-refractivity contribution in [1.29, 1.82) is 0 Å². The van der Waals surface area contributed by atoms with E-state index >= 15 is 0 Å². The molecule has 0 aliphatic heterocycles. The van der Waals surface area contributed by atoms with Gasteiger partial charge in [0.1, 0.15) is 0 Å². The lowest BCUT2D eigenvalue weighted by Crippen LogP contribution is -2.59. The second-order valence-electron chi connectivity index (χ2n) is 7.10. The molecule has 0 saturated carbocycles. The van der Waals surface area contributed by atoms with Crippen molar-refractivity contribution < 1.29 is 10.2 Å². The molecule has 0 radical (unpaired) electrons. The summed E-state index contributed by atoms with van der Waals surface area (Å²) >= 11 is 0. The van der Waals surface area contributed by atoms with Crippen LogP contribution in [-0.2, 0) is 0 Å². The summed E-state index contributed by atoms with van der Waals surface area (Å²) in [4.78, 5) is 0. The van der Waals surface area contributed by atoms with E-state index in [-0.39, 0.29) is 36.9 Å². The van der Waals surface area contributed by atoms with Gasteiger partial charge < -0.3 is 20.8 Å². The zero-order chi connectivity index (χ0) is 20.5. The fourth-order valence-corrected chi connectivity index (χ4v) is 3.38. The van der Waals surface area contributed by atoms with Crippen molar-refractivity contribution in [1.82, 2.24) is 10.6 Å². The zero-order valence-electron chi connectivity index (χ0n) is 17.5. The van der Waals surface area contributed by atoms with Crippen molar-refractivity contribution in [3.8, 4) is 0 Å². The zero-order valence-corrected chi connectivity index (χ0v) is 19.2. The van der Waals surface area contributed by atoms with Gasteiger partial charge in [0.25, 0.3) is 0 Å². The van der Waals surface area contributed by atoms with E-state index in [1.165, 1.54) is 12.2 Å². The number of nitrogens with one attached hydrogen (secondary N) is 2. The first-order valence-corrected chi connectivity index (χ1v) is 9.71. The third kappa shape index (κ3) is 7.88. The molecule has 2 aromatic rings. The molecule has 2 rings (SSSR count). The Morgan fingerprint density at radius 1 is 0.667 bits per heavy atom. The highest BCUT2D eigenvalue weighted by Crippen LogP contribution is 2.20. The molecule has 166 valence electrons. The van der Waals surface area contributed by atoms with Crippen LogP contribution in [0.15, 0.2) is 86.0 Å². The number of hydrogen-bond acceptors (Lipinski definition) is 4. The second kappa shape index (κ2) is 14.4. The molecule has 0 aromatic heterocycles. The van der Waals surface area contributed by atoms with Gasteiger partial charge in [-0.25, -0.2) is 0 Å². The molecular formula is C24H34Cl2N2O2. The molecule has 0 saturated heterocycles. The van der Waals surface area contributed by atoms with E-state index in [0.29, 0.717) is 0 Å². The topological polar surface area (TPSA) is 64.5 Å². The lowest BCUT2D eigenvalue weighted by Gasteiger charge is -2.37. The Hall–Kier alpha value is -1.66. The van der Waals surface area contributed by atoms with E-state index in [9.17, 15) is 10.2 Å². The smallest absolute Gasteiger partial charge is 0.0887 e. The van der Waals surface area contributed by atoms with Gasteiger partial charge in [0, 0.05) is 12.1 Å². The summed E-state index contributed by atoms with van der Waals surface area (Å²) in [6, 6.07) is 19.1. The van der Waals surface area contributed by atoms with Crippen molar-refractivity contribution in [2.75, 3.05) is 0 Å². The number of halogens is 2. The van der Waals surface area contributed by atoms with Crippen LogP contribution < -0.4 is 10.6 Å². The Kier molecular flexibility index (Phi) is 13.6. The van der Waals surface area contributed by atoms with E-state index in [1.807, 2.05) is 74.5 Å². The normalized spacial score (nSPS) is 16.5. The maximum atomic E-state index is 10.6. The van der Waals surface area contributed by atoms with Crippen LogP contribution in [0.1, 0.15) is 37.1 Å². The Morgan fingerprint density at radius 3 is 1.23 bits per heavy atom. The standard InChI is InChI=1S/C24H32N2O2.2ClH/c1-5-21(27)23(25-17(3)19-13-9-7-10-14-19)24(22(28)6-2)26-18(4)20-15-11-8-12-16-20;;/h5-18,21-28H,1-2H2,3-4H3;2*1H/t17-,18-,21+,22+,23+,24+;;/m0../s1. The molecule has 2 aromatic carbocycles. The summed E-state index contributed by atoms with van der Waals surface area (Å²) in [6.45, 7) is 11.6. The van der Waals surface area contributed by atoms with Gasteiger partial charge in [0.05, 0.1) is 24.3 Å². The summed E-state index contributed by atoms with van der Waals surface area (Å²) in [5, 5.41) is 28.2. The average Bonchev–Trinajstić information content (AvgIpc) is 2.75. The van der Waals surface area contributed by atoms with E-state index in [2.05, 4.69) is 23.8 Å². The van der Waals surface area contributed by atoms with Crippen LogP contribution in [0.4, 0.5) is 0 Å². The molecule has 4 N–H and O–H groups in total. The molecule has 0 unspecified atom stereocenters.